The lowest BCUT2D eigenvalue weighted by Gasteiger charge is -2.19. The number of amides is 2. The molecule has 1 aliphatic rings. The Morgan fingerprint density at radius 3 is 2.74 bits per heavy atom. The Hall–Kier alpha value is -1.75. The van der Waals surface area contributed by atoms with E-state index < -0.39 is 0 Å². The number of urea groups is 1. The quantitative estimate of drug-likeness (QED) is 0.775. The highest BCUT2D eigenvalue weighted by molar-refractivity contribution is 5.90. The van der Waals surface area contributed by atoms with Gasteiger partial charge in [0.05, 0.1) is 6.61 Å². The third-order valence-electron chi connectivity index (χ3n) is 3.33. The van der Waals surface area contributed by atoms with E-state index in [9.17, 15) is 4.79 Å². The molecule has 19 heavy (non-hydrogen) atoms. The van der Waals surface area contributed by atoms with E-state index in [2.05, 4.69) is 21.6 Å². The second kappa shape index (κ2) is 6.43. The first-order valence-electron chi connectivity index (χ1n) is 6.72. The van der Waals surface area contributed by atoms with Crippen LogP contribution in [0.5, 0.6) is 0 Å². The number of benzene rings is 1. The lowest BCUT2D eigenvalue weighted by molar-refractivity contribution is 0.245. The maximum absolute atomic E-state index is 11.5. The molecule has 1 saturated heterocycles. The van der Waals surface area contributed by atoms with Crippen molar-refractivity contribution < 1.29 is 9.90 Å². The summed E-state index contributed by atoms with van der Waals surface area (Å²) in [5.74, 6) is 0. The summed E-state index contributed by atoms with van der Waals surface area (Å²) in [5, 5.41) is 14.0. The monoisotopic (exact) mass is 263 g/mol. The van der Waals surface area contributed by atoms with E-state index in [-0.39, 0.29) is 19.2 Å². The Morgan fingerprint density at radius 1 is 1.37 bits per heavy atom. The normalized spacial score (nSPS) is 14.5. The third-order valence-corrected chi connectivity index (χ3v) is 3.33. The number of aliphatic hydroxyl groups is 1. The second-order valence-electron chi connectivity index (χ2n) is 4.80. The van der Waals surface area contributed by atoms with Crippen molar-refractivity contribution in [2.24, 2.45) is 0 Å². The van der Waals surface area contributed by atoms with Crippen LogP contribution in [0.2, 0.25) is 0 Å². The number of aliphatic hydroxyl groups excluding tert-OH is 1. The fourth-order valence-electron chi connectivity index (χ4n) is 2.30. The van der Waals surface area contributed by atoms with Crippen molar-refractivity contribution in [1.82, 2.24) is 5.32 Å². The summed E-state index contributed by atoms with van der Waals surface area (Å²) in [5.41, 5.74) is 3.07. The van der Waals surface area contributed by atoms with Crippen molar-refractivity contribution in [1.29, 1.82) is 0 Å². The predicted molar refractivity (Wildman–Crippen MR) is 76.7 cm³/mol. The van der Waals surface area contributed by atoms with Crippen LogP contribution in [-0.4, -0.2) is 37.4 Å². The Morgan fingerprint density at radius 2 is 2.11 bits per heavy atom. The van der Waals surface area contributed by atoms with Gasteiger partial charge in [-0.05, 0) is 43.5 Å². The van der Waals surface area contributed by atoms with Crippen LogP contribution in [0.1, 0.15) is 18.4 Å². The van der Waals surface area contributed by atoms with Crippen LogP contribution in [-0.2, 0) is 0 Å². The molecule has 0 aromatic heterocycles. The first-order valence-corrected chi connectivity index (χ1v) is 6.72. The minimum atomic E-state index is -0.286. The van der Waals surface area contributed by atoms with Gasteiger partial charge in [0.15, 0.2) is 0 Å². The van der Waals surface area contributed by atoms with Gasteiger partial charge in [0, 0.05) is 31.0 Å². The van der Waals surface area contributed by atoms with E-state index in [0.29, 0.717) is 0 Å². The summed E-state index contributed by atoms with van der Waals surface area (Å²) in [4.78, 5) is 13.9. The minimum Gasteiger partial charge on any atom is -0.395 e. The highest BCUT2D eigenvalue weighted by atomic mass is 16.3. The van der Waals surface area contributed by atoms with Crippen molar-refractivity contribution in [2.45, 2.75) is 19.8 Å². The summed E-state index contributed by atoms with van der Waals surface area (Å²) in [6.45, 7) is 4.42. The van der Waals surface area contributed by atoms with Crippen molar-refractivity contribution >= 4 is 17.4 Å². The molecule has 0 saturated carbocycles. The predicted octanol–water partition coefficient (Wildman–Crippen LogP) is 1.71. The second-order valence-corrected chi connectivity index (χ2v) is 4.80. The Kier molecular flexibility index (Phi) is 4.63. The lowest BCUT2D eigenvalue weighted by atomic mass is 10.1. The van der Waals surface area contributed by atoms with Gasteiger partial charge in [0.25, 0.3) is 0 Å². The number of carbonyl (C=O) groups excluding carboxylic acids is 1. The molecule has 2 rings (SSSR count). The molecule has 3 N–H and O–H groups in total. The topological polar surface area (TPSA) is 64.6 Å². The molecular formula is C14H21N3O2. The molecule has 1 aromatic rings. The maximum atomic E-state index is 11.5. The smallest absolute Gasteiger partial charge is 0.319 e. The summed E-state index contributed by atoms with van der Waals surface area (Å²) in [6, 6.07) is 5.79. The molecule has 0 unspecified atom stereocenters. The molecular weight excluding hydrogens is 242 g/mol. The van der Waals surface area contributed by atoms with Gasteiger partial charge >= 0.3 is 6.03 Å². The van der Waals surface area contributed by atoms with Gasteiger partial charge in [-0.1, -0.05) is 0 Å². The van der Waals surface area contributed by atoms with Gasteiger partial charge in [-0.25, -0.2) is 4.79 Å². The van der Waals surface area contributed by atoms with Gasteiger partial charge in [-0.15, -0.1) is 0 Å². The Bertz CT molecular complexity index is 442. The Labute approximate surface area is 113 Å². The van der Waals surface area contributed by atoms with E-state index in [1.54, 1.807) is 0 Å². The van der Waals surface area contributed by atoms with Crippen LogP contribution in [0.4, 0.5) is 16.2 Å². The molecule has 0 aliphatic carbocycles. The average Bonchev–Trinajstić information content (AvgIpc) is 2.92. The zero-order chi connectivity index (χ0) is 13.7. The van der Waals surface area contributed by atoms with Crippen molar-refractivity contribution in [3.63, 3.8) is 0 Å². The number of aryl methyl sites for hydroxylation is 1. The van der Waals surface area contributed by atoms with Crippen LogP contribution < -0.4 is 15.5 Å². The van der Waals surface area contributed by atoms with E-state index in [1.165, 1.54) is 18.5 Å². The zero-order valence-corrected chi connectivity index (χ0v) is 11.3. The van der Waals surface area contributed by atoms with Crippen LogP contribution in [0.3, 0.4) is 0 Å². The number of rotatable bonds is 4. The van der Waals surface area contributed by atoms with Crippen LogP contribution in [0, 0.1) is 6.92 Å². The summed E-state index contributed by atoms with van der Waals surface area (Å²) >= 11 is 0. The first kappa shape index (κ1) is 13.7. The fourth-order valence-corrected chi connectivity index (χ4v) is 2.30. The number of nitrogens with zero attached hydrogens (tertiary/aromatic N) is 1. The van der Waals surface area contributed by atoms with Gasteiger partial charge in [0.1, 0.15) is 0 Å². The van der Waals surface area contributed by atoms with Crippen molar-refractivity contribution in [2.75, 3.05) is 36.5 Å². The van der Waals surface area contributed by atoms with E-state index in [4.69, 9.17) is 5.11 Å². The largest absolute Gasteiger partial charge is 0.395 e. The van der Waals surface area contributed by atoms with Gasteiger partial charge < -0.3 is 20.6 Å². The van der Waals surface area contributed by atoms with Crippen LogP contribution in [0.25, 0.3) is 0 Å². The molecule has 0 radical (unpaired) electrons. The van der Waals surface area contributed by atoms with E-state index in [0.717, 1.165) is 24.3 Å². The van der Waals surface area contributed by atoms with Gasteiger partial charge in [-0.2, -0.15) is 0 Å². The molecule has 0 bridgehead atoms. The van der Waals surface area contributed by atoms with Gasteiger partial charge in [-0.3, -0.25) is 0 Å². The van der Waals surface area contributed by atoms with Crippen LogP contribution in [0.15, 0.2) is 18.2 Å². The van der Waals surface area contributed by atoms with Gasteiger partial charge in [0.2, 0.25) is 0 Å². The standard InChI is InChI=1S/C14H21N3O2/c1-11-10-12(17-7-2-3-8-17)4-5-13(11)16-14(19)15-6-9-18/h4-5,10,18H,2-3,6-9H2,1H3,(H2,15,16,19). The van der Waals surface area contributed by atoms with Crippen LogP contribution >= 0.6 is 0 Å². The third kappa shape index (κ3) is 3.61. The summed E-state index contributed by atoms with van der Waals surface area (Å²) < 4.78 is 0. The molecule has 5 nitrogen and oxygen atoms in total. The maximum Gasteiger partial charge on any atom is 0.319 e. The highest BCUT2D eigenvalue weighted by Crippen LogP contribution is 2.25. The molecule has 1 fully saturated rings. The molecule has 2 amide bonds. The number of hydrogen-bond donors (Lipinski definition) is 3. The molecule has 1 aromatic carbocycles. The fraction of sp³-hybridized carbons (Fsp3) is 0.500. The summed E-state index contributed by atoms with van der Waals surface area (Å²) in [7, 11) is 0. The highest BCUT2D eigenvalue weighted by Gasteiger charge is 2.13. The number of hydrogen-bond acceptors (Lipinski definition) is 3. The SMILES string of the molecule is Cc1cc(N2CCCC2)ccc1NC(=O)NCCO. The lowest BCUT2D eigenvalue weighted by Crippen LogP contribution is -2.31. The first-order chi connectivity index (χ1) is 9.20. The number of carbonyl (C=O) groups is 1. The van der Waals surface area contributed by atoms with Crippen molar-refractivity contribution in [3.8, 4) is 0 Å². The zero-order valence-electron chi connectivity index (χ0n) is 11.3. The minimum absolute atomic E-state index is 0.0553. The van der Waals surface area contributed by atoms with E-state index >= 15 is 0 Å². The molecule has 0 atom stereocenters. The molecule has 0 spiro atoms. The average molecular weight is 263 g/mol. The molecule has 1 aliphatic heterocycles. The Balaban J connectivity index is 2.00. The molecule has 1 heterocycles. The number of anilines is 2. The molecule has 104 valence electrons. The van der Waals surface area contributed by atoms with Crippen molar-refractivity contribution in [3.05, 3.63) is 23.8 Å². The number of nitrogens with one attached hydrogen (secondary N) is 2. The molecule has 5 heteroatoms. The van der Waals surface area contributed by atoms with E-state index in [1.807, 2.05) is 19.1 Å². The summed E-state index contributed by atoms with van der Waals surface area (Å²) in [6.07, 6.45) is 2.51.